The fourth-order valence-electron chi connectivity index (χ4n) is 3.62. The molecule has 6 nitrogen and oxygen atoms in total. The minimum atomic E-state index is -0.0454. The van der Waals surface area contributed by atoms with Crippen LogP contribution in [0.15, 0.2) is 77.7 Å². The Morgan fingerprint density at radius 3 is 2.97 bits per heavy atom. The Kier molecular flexibility index (Phi) is 4.46. The summed E-state index contributed by atoms with van der Waals surface area (Å²) in [6.45, 7) is 0.595. The molecule has 0 bridgehead atoms. The van der Waals surface area contributed by atoms with Crippen molar-refractivity contribution in [1.82, 2.24) is 15.1 Å². The zero-order chi connectivity index (χ0) is 19.6. The predicted octanol–water partition coefficient (Wildman–Crippen LogP) is 4.35. The third kappa shape index (κ3) is 3.58. The molecule has 0 spiro atoms. The maximum absolute atomic E-state index is 6.34. The molecule has 0 aliphatic heterocycles. The second-order valence-electron chi connectivity index (χ2n) is 7.22. The molecule has 5 aromatic rings. The highest BCUT2D eigenvalue weighted by Gasteiger charge is 2.11. The maximum atomic E-state index is 6.34. The molecule has 0 aliphatic rings. The van der Waals surface area contributed by atoms with Crippen LogP contribution in [0.4, 0.5) is 5.88 Å². The number of para-hydroxylation sites is 1. The largest absolute Gasteiger partial charge is 0.361 e. The van der Waals surface area contributed by atoms with Crippen molar-refractivity contribution >= 4 is 27.6 Å². The molecule has 2 aromatic carbocycles. The number of aromatic nitrogens is 3. The quantitative estimate of drug-likeness (QED) is 0.405. The lowest BCUT2D eigenvalue weighted by molar-refractivity contribution is 0.433. The second-order valence-corrected chi connectivity index (χ2v) is 7.22. The molecule has 6 heteroatoms. The highest BCUT2D eigenvalue weighted by atomic mass is 16.5. The van der Waals surface area contributed by atoms with Crippen LogP contribution in [0.25, 0.3) is 32.9 Å². The number of benzene rings is 2. The molecule has 1 atom stereocenters. The minimum Gasteiger partial charge on any atom is -0.361 e. The van der Waals surface area contributed by atoms with Gasteiger partial charge in [0.05, 0.1) is 0 Å². The fraction of sp³-hybridized carbons (Fsp3) is 0.130. The predicted molar refractivity (Wildman–Crippen MR) is 116 cm³/mol. The number of nitrogens with one attached hydrogen (secondary N) is 2. The van der Waals surface area contributed by atoms with Gasteiger partial charge in [0.25, 0.3) is 0 Å². The molecule has 5 rings (SSSR count). The summed E-state index contributed by atoms with van der Waals surface area (Å²) in [5.41, 5.74) is 10.5. The van der Waals surface area contributed by atoms with E-state index in [0.29, 0.717) is 12.4 Å². The van der Waals surface area contributed by atoms with Crippen molar-refractivity contribution < 1.29 is 4.52 Å². The number of hydrogen-bond donors (Lipinski definition) is 3. The van der Waals surface area contributed by atoms with Crippen molar-refractivity contribution in [3.05, 3.63) is 78.8 Å². The highest BCUT2D eigenvalue weighted by Crippen LogP contribution is 2.25. The lowest BCUT2D eigenvalue weighted by Gasteiger charge is -2.11. The summed E-state index contributed by atoms with van der Waals surface area (Å²) >= 11 is 0. The van der Waals surface area contributed by atoms with Crippen LogP contribution in [0, 0.1) is 0 Å². The lowest BCUT2D eigenvalue weighted by atomic mass is 10.1. The van der Waals surface area contributed by atoms with Crippen LogP contribution in [0.1, 0.15) is 5.56 Å². The lowest BCUT2D eigenvalue weighted by Crippen LogP contribution is -2.31. The van der Waals surface area contributed by atoms with Crippen molar-refractivity contribution in [2.45, 2.75) is 12.5 Å². The van der Waals surface area contributed by atoms with Crippen LogP contribution >= 0.6 is 0 Å². The summed E-state index contributed by atoms with van der Waals surface area (Å²) < 4.78 is 5.45. The second kappa shape index (κ2) is 7.41. The molecule has 4 N–H and O–H groups in total. The maximum Gasteiger partial charge on any atom is 0.225 e. The van der Waals surface area contributed by atoms with Gasteiger partial charge in [0.1, 0.15) is 5.69 Å². The van der Waals surface area contributed by atoms with E-state index in [0.717, 1.165) is 34.0 Å². The normalized spacial score (nSPS) is 12.4. The van der Waals surface area contributed by atoms with E-state index in [1.165, 1.54) is 10.9 Å². The summed E-state index contributed by atoms with van der Waals surface area (Å²) in [5, 5.41) is 10.9. The van der Waals surface area contributed by atoms with Crippen LogP contribution in [0.2, 0.25) is 0 Å². The van der Waals surface area contributed by atoms with Crippen LogP contribution in [0.3, 0.4) is 0 Å². The molecule has 0 aliphatic carbocycles. The summed E-state index contributed by atoms with van der Waals surface area (Å²) in [4.78, 5) is 7.44. The zero-order valence-electron chi connectivity index (χ0n) is 15.8. The number of pyridine rings is 1. The van der Waals surface area contributed by atoms with Crippen molar-refractivity contribution in [3.8, 4) is 11.3 Å². The molecule has 3 heterocycles. The van der Waals surface area contributed by atoms with E-state index < -0.39 is 0 Å². The van der Waals surface area contributed by atoms with Gasteiger partial charge in [0.2, 0.25) is 5.88 Å². The van der Waals surface area contributed by atoms with Crippen molar-refractivity contribution in [3.63, 3.8) is 0 Å². The third-order valence-corrected chi connectivity index (χ3v) is 5.14. The summed E-state index contributed by atoms with van der Waals surface area (Å²) in [7, 11) is 0. The molecular weight excluding hydrogens is 362 g/mol. The third-order valence-electron chi connectivity index (χ3n) is 5.14. The summed E-state index contributed by atoms with van der Waals surface area (Å²) in [6.07, 6.45) is 6.45. The van der Waals surface area contributed by atoms with Crippen molar-refractivity contribution in [2.24, 2.45) is 5.73 Å². The Morgan fingerprint density at radius 1 is 1.07 bits per heavy atom. The number of rotatable bonds is 6. The Hall–Kier alpha value is -3.64. The molecule has 0 radical (unpaired) electrons. The Morgan fingerprint density at radius 2 is 2.00 bits per heavy atom. The van der Waals surface area contributed by atoms with Gasteiger partial charge >= 0.3 is 0 Å². The monoisotopic (exact) mass is 383 g/mol. The Labute approximate surface area is 167 Å². The molecule has 0 saturated carbocycles. The van der Waals surface area contributed by atoms with Gasteiger partial charge in [-0.25, -0.2) is 0 Å². The van der Waals surface area contributed by atoms with E-state index in [2.05, 4.69) is 38.6 Å². The number of aromatic amines is 1. The smallest absolute Gasteiger partial charge is 0.225 e. The summed E-state index contributed by atoms with van der Waals surface area (Å²) in [6, 6.07) is 18.2. The first kappa shape index (κ1) is 17.5. The first-order valence-corrected chi connectivity index (χ1v) is 9.61. The van der Waals surface area contributed by atoms with Gasteiger partial charge in [-0.2, -0.15) is 0 Å². The zero-order valence-corrected chi connectivity index (χ0v) is 15.8. The van der Waals surface area contributed by atoms with Crippen LogP contribution < -0.4 is 11.1 Å². The van der Waals surface area contributed by atoms with E-state index >= 15 is 0 Å². The number of nitrogens with zero attached hydrogens (tertiary/aromatic N) is 2. The standard InChI is InChI=1S/C23H21N5O/c24-19(10-18-13-26-21-4-2-1-3-20(18)21)14-27-23-11-22(28-29-23)16-5-6-17-12-25-8-7-15(17)9-16/h1-9,11-13,19,26-27H,10,14,24H2/t19-/m1/s1. The van der Waals surface area contributed by atoms with Gasteiger partial charge in [-0.1, -0.05) is 35.5 Å². The molecule has 29 heavy (non-hydrogen) atoms. The number of H-pyrrole nitrogens is 1. The number of fused-ring (bicyclic) bond motifs is 2. The Balaban J connectivity index is 1.25. The van der Waals surface area contributed by atoms with Crippen molar-refractivity contribution in [1.29, 1.82) is 0 Å². The molecule has 0 fully saturated rings. The van der Waals surface area contributed by atoms with Gasteiger partial charge in [-0.05, 0) is 35.6 Å². The molecular formula is C23H21N5O. The number of nitrogens with two attached hydrogens (primary N) is 1. The van der Waals surface area contributed by atoms with Crippen LogP contribution in [0.5, 0.6) is 0 Å². The fourth-order valence-corrected chi connectivity index (χ4v) is 3.62. The van der Waals surface area contributed by atoms with Gasteiger partial charge in [0.15, 0.2) is 0 Å². The molecule has 3 aromatic heterocycles. The van der Waals surface area contributed by atoms with E-state index in [-0.39, 0.29) is 6.04 Å². The van der Waals surface area contributed by atoms with Gasteiger partial charge in [0, 0.05) is 59.1 Å². The van der Waals surface area contributed by atoms with Gasteiger partial charge < -0.3 is 20.6 Å². The molecule has 144 valence electrons. The summed E-state index contributed by atoms with van der Waals surface area (Å²) in [5.74, 6) is 0.615. The SMILES string of the molecule is N[C@@H](CNc1cc(-c2ccc3cnccc3c2)no1)Cc1c[nH]c2ccccc12. The van der Waals surface area contributed by atoms with Gasteiger partial charge in [-0.3, -0.25) is 4.98 Å². The minimum absolute atomic E-state index is 0.0454. The Bertz CT molecular complexity index is 1270. The first-order chi connectivity index (χ1) is 14.3. The molecule has 0 unspecified atom stereocenters. The van der Waals surface area contributed by atoms with E-state index in [4.69, 9.17) is 10.3 Å². The number of hydrogen-bond acceptors (Lipinski definition) is 5. The highest BCUT2D eigenvalue weighted by molar-refractivity contribution is 5.86. The average Bonchev–Trinajstić information content (AvgIpc) is 3.40. The average molecular weight is 383 g/mol. The van der Waals surface area contributed by atoms with Crippen LogP contribution in [-0.2, 0) is 6.42 Å². The first-order valence-electron chi connectivity index (χ1n) is 9.61. The van der Waals surface area contributed by atoms with E-state index in [1.54, 1.807) is 6.20 Å². The molecule has 0 saturated heterocycles. The molecule has 0 amide bonds. The van der Waals surface area contributed by atoms with E-state index in [9.17, 15) is 0 Å². The van der Waals surface area contributed by atoms with Crippen molar-refractivity contribution in [2.75, 3.05) is 11.9 Å². The van der Waals surface area contributed by atoms with Gasteiger partial charge in [-0.15, -0.1) is 0 Å². The van der Waals surface area contributed by atoms with Crippen LogP contribution in [-0.4, -0.2) is 27.7 Å². The topological polar surface area (TPSA) is 92.8 Å². The van der Waals surface area contributed by atoms with E-state index in [1.807, 2.05) is 48.8 Å². The number of anilines is 1.